The maximum atomic E-state index is 11.8. The van der Waals surface area contributed by atoms with Gasteiger partial charge in [0.2, 0.25) is 5.91 Å². The molecule has 18 heavy (non-hydrogen) atoms. The first-order chi connectivity index (χ1) is 8.22. The average molecular weight is 270 g/mol. The summed E-state index contributed by atoms with van der Waals surface area (Å²) in [6.07, 6.45) is -0.0446. The Morgan fingerprint density at radius 1 is 1.56 bits per heavy atom. The molecule has 0 saturated carbocycles. The largest absolute Gasteiger partial charge is 0.481 e. The molecule has 0 aliphatic rings. The summed E-state index contributed by atoms with van der Waals surface area (Å²) in [7, 11) is 0. The number of carboxylic acid groups (broad SMARTS) is 1. The van der Waals surface area contributed by atoms with E-state index < -0.39 is 11.4 Å². The Hall–Kier alpha value is -1.43. The highest BCUT2D eigenvalue weighted by atomic mass is 32.1. The van der Waals surface area contributed by atoms with E-state index in [0.717, 1.165) is 10.7 Å². The first-order valence-corrected chi connectivity index (χ1v) is 6.55. The van der Waals surface area contributed by atoms with Gasteiger partial charge in [-0.05, 0) is 27.7 Å². The minimum absolute atomic E-state index is 0.0446. The van der Waals surface area contributed by atoms with Crippen molar-refractivity contribution in [2.45, 2.75) is 40.2 Å². The van der Waals surface area contributed by atoms with E-state index in [0.29, 0.717) is 0 Å². The number of rotatable bonds is 5. The summed E-state index contributed by atoms with van der Waals surface area (Å²) in [6.45, 7) is 6.80. The van der Waals surface area contributed by atoms with Gasteiger partial charge in [0, 0.05) is 17.5 Å². The molecule has 1 aromatic rings. The predicted octanol–water partition coefficient (Wildman–Crippen LogP) is 2.13. The zero-order valence-corrected chi connectivity index (χ0v) is 11.8. The molecule has 5 nitrogen and oxygen atoms in total. The van der Waals surface area contributed by atoms with Gasteiger partial charge >= 0.3 is 5.97 Å². The van der Waals surface area contributed by atoms with E-state index >= 15 is 0 Å². The highest BCUT2D eigenvalue weighted by molar-refractivity contribution is 7.09. The maximum Gasteiger partial charge on any atom is 0.309 e. The molecule has 100 valence electrons. The van der Waals surface area contributed by atoms with Gasteiger partial charge in [0.25, 0.3) is 0 Å². The molecule has 0 spiro atoms. The highest BCUT2D eigenvalue weighted by Crippen LogP contribution is 2.22. The van der Waals surface area contributed by atoms with Crippen LogP contribution in [0, 0.1) is 12.3 Å². The summed E-state index contributed by atoms with van der Waals surface area (Å²) in [5.41, 5.74) is -0.134. The second kappa shape index (κ2) is 5.48. The van der Waals surface area contributed by atoms with E-state index in [1.165, 1.54) is 25.2 Å². The average Bonchev–Trinajstić information content (AvgIpc) is 2.63. The number of aliphatic carboxylic acids is 1. The molecular weight excluding hydrogens is 252 g/mol. The molecule has 0 aromatic carbocycles. The number of carbonyl (C=O) groups excluding carboxylic acids is 1. The number of aromatic nitrogens is 1. The van der Waals surface area contributed by atoms with Crippen molar-refractivity contribution in [2.75, 3.05) is 0 Å². The number of nitrogens with zero attached hydrogens (tertiary/aromatic N) is 1. The predicted molar refractivity (Wildman–Crippen MR) is 69.4 cm³/mol. The van der Waals surface area contributed by atoms with Crippen molar-refractivity contribution in [1.82, 2.24) is 10.3 Å². The number of hydrogen-bond donors (Lipinski definition) is 2. The maximum absolute atomic E-state index is 11.8. The zero-order valence-electron chi connectivity index (χ0n) is 11.0. The fourth-order valence-electron chi connectivity index (χ4n) is 1.40. The van der Waals surface area contributed by atoms with Crippen LogP contribution in [0.1, 0.15) is 43.9 Å². The third-order valence-electron chi connectivity index (χ3n) is 2.57. The number of carboxylic acids is 1. The van der Waals surface area contributed by atoms with Gasteiger partial charge in [-0.15, -0.1) is 11.3 Å². The molecule has 1 aromatic heterocycles. The van der Waals surface area contributed by atoms with Crippen LogP contribution in [0.5, 0.6) is 0 Å². The number of hydrogen-bond acceptors (Lipinski definition) is 4. The zero-order chi connectivity index (χ0) is 13.9. The van der Waals surface area contributed by atoms with Gasteiger partial charge in [0.15, 0.2) is 0 Å². The Morgan fingerprint density at radius 2 is 2.17 bits per heavy atom. The lowest BCUT2D eigenvalue weighted by molar-refractivity contribution is -0.149. The van der Waals surface area contributed by atoms with Gasteiger partial charge in [0.1, 0.15) is 5.01 Å². The van der Waals surface area contributed by atoms with Crippen LogP contribution in [-0.2, 0) is 9.59 Å². The van der Waals surface area contributed by atoms with Crippen LogP contribution in [0.3, 0.4) is 0 Å². The van der Waals surface area contributed by atoms with Crippen molar-refractivity contribution in [3.8, 4) is 0 Å². The number of amides is 1. The molecule has 2 N–H and O–H groups in total. The first kappa shape index (κ1) is 14.6. The molecule has 1 amide bonds. The monoisotopic (exact) mass is 270 g/mol. The van der Waals surface area contributed by atoms with E-state index in [1.807, 2.05) is 19.2 Å². The minimum atomic E-state index is -1.05. The lowest BCUT2D eigenvalue weighted by atomic mass is 9.89. The molecular formula is C12H18N2O3S. The van der Waals surface area contributed by atoms with Gasteiger partial charge in [-0.3, -0.25) is 9.59 Å². The van der Waals surface area contributed by atoms with Crippen LogP contribution >= 0.6 is 11.3 Å². The number of aryl methyl sites for hydroxylation is 1. The summed E-state index contributed by atoms with van der Waals surface area (Å²) >= 11 is 1.48. The molecule has 0 bridgehead atoms. The molecule has 1 rings (SSSR count). The molecule has 0 aliphatic carbocycles. The third kappa shape index (κ3) is 3.80. The number of carbonyl (C=O) groups is 2. The molecule has 1 atom stereocenters. The van der Waals surface area contributed by atoms with Crippen molar-refractivity contribution in [3.63, 3.8) is 0 Å². The van der Waals surface area contributed by atoms with Crippen molar-refractivity contribution in [3.05, 3.63) is 16.1 Å². The Bertz CT molecular complexity index is 454. The van der Waals surface area contributed by atoms with E-state index in [4.69, 9.17) is 5.11 Å². The molecule has 0 aliphatic heterocycles. The van der Waals surface area contributed by atoms with Crippen molar-refractivity contribution >= 4 is 23.2 Å². The van der Waals surface area contributed by atoms with Crippen LogP contribution < -0.4 is 5.32 Å². The SMILES string of the molecule is Cc1csc(C(C)NC(=O)CC(C)(C)C(=O)O)n1. The number of nitrogens with one attached hydrogen (secondary N) is 1. The normalized spacial score (nSPS) is 13.1. The van der Waals surface area contributed by atoms with Crippen LogP contribution in [-0.4, -0.2) is 22.0 Å². The Balaban J connectivity index is 2.58. The standard InChI is InChI=1S/C12H18N2O3S/c1-7-6-18-10(13-7)8(2)14-9(15)5-12(3,4)11(16)17/h6,8H,5H2,1-4H3,(H,14,15)(H,16,17). The van der Waals surface area contributed by atoms with Crippen LogP contribution in [0.4, 0.5) is 0 Å². The molecule has 0 radical (unpaired) electrons. The second-order valence-electron chi connectivity index (χ2n) is 4.98. The molecule has 1 heterocycles. The van der Waals surface area contributed by atoms with Gasteiger partial charge < -0.3 is 10.4 Å². The summed E-state index contributed by atoms with van der Waals surface area (Å²) in [5, 5.41) is 14.5. The van der Waals surface area contributed by atoms with E-state index in [-0.39, 0.29) is 18.4 Å². The summed E-state index contributed by atoms with van der Waals surface area (Å²) in [5.74, 6) is -1.25. The first-order valence-electron chi connectivity index (χ1n) is 5.67. The van der Waals surface area contributed by atoms with Crippen LogP contribution in [0.15, 0.2) is 5.38 Å². The van der Waals surface area contributed by atoms with E-state index in [9.17, 15) is 9.59 Å². The minimum Gasteiger partial charge on any atom is -0.481 e. The molecule has 0 fully saturated rings. The second-order valence-corrected chi connectivity index (χ2v) is 5.87. The van der Waals surface area contributed by atoms with Gasteiger partial charge in [0.05, 0.1) is 11.5 Å². The van der Waals surface area contributed by atoms with Gasteiger partial charge in [-0.25, -0.2) is 4.98 Å². The topological polar surface area (TPSA) is 79.3 Å². The Labute approximate surface area is 110 Å². The smallest absolute Gasteiger partial charge is 0.309 e. The van der Waals surface area contributed by atoms with Gasteiger partial charge in [-0.2, -0.15) is 0 Å². The van der Waals surface area contributed by atoms with Crippen LogP contribution in [0.2, 0.25) is 0 Å². The Kier molecular flexibility index (Phi) is 4.45. The Morgan fingerprint density at radius 3 is 2.61 bits per heavy atom. The van der Waals surface area contributed by atoms with Gasteiger partial charge in [-0.1, -0.05) is 0 Å². The highest BCUT2D eigenvalue weighted by Gasteiger charge is 2.30. The van der Waals surface area contributed by atoms with E-state index in [1.54, 1.807) is 0 Å². The number of thiazole rings is 1. The van der Waals surface area contributed by atoms with E-state index in [2.05, 4.69) is 10.3 Å². The third-order valence-corrected chi connectivity index (χ3v) is 3.71. The van der Waals surface area contributed by atoms with Crippen molar-refractivity contribution in [1.29, 1.82) is 0 Å². The summed E-state index contributed by atoms with van der Waals surface area (Å²) in [4.78, 5) is 27.0. The molecule has 6 heteroatoms. The van der Waals surface area contributed by atoms with Crippen molar-refractivity contribution < 1.29 is 14.7 Å². The lowest BCUT2D eigenvalue weighted by Crippen LogP contribution is -2.34. The fraction of sp³-hybridized carbons (Fsp3) is 0.583. The van der Waals surface area contributed by atoms with Crippen LogP contribution in [0.25, 0.3) is 0 Å². The molecule has 1 unspecified atom stereocenters. The lowest BCUT2D eigenvalue weighted by Gasteiger charge is -2.19. The molecule has 0 saturated heterocycles. The van der Waals surface area contributed by atoms with Crippen molar-refractivity contribution in [2.24, 2.45) is 5.41 Å². The summed E-state index contributed by atoms with van der Waals surface area (Å²) < 4.78 is 0. The fourth-order valence-corrected chi connectivity index (χ4v) is 2.21. The quantitative estimate of drug-likeness (QED) is 0.859. The summed E-state index contributed by atoms with van der Waals surface area (Å²) in [6, 6.07) is -0.194.